The quantitative estimate of drug-likeness (QED) is 0.420. The van der Waals surface area contributed by atoms with Crippen LogP contribution in [0.25, 0.3) is 0 Å². The first-order valence-corrected chi connectivity index (χ1v) is 9.02. The highest BCUT2D eigenvalue weighted by Gasteiger charge is 2.23. The van der Waals surface area contributed by atoms with Crippen molar-refractivity contribution in [2.75, 3.05) is 10.6 Å². The largest absolute Gasteiger partial charge is 0.356 e. The minimum atomic E-state index is -0.885. The molecule has 6 nitrogen and oxygen atoms in total. The predicted octanol–water partition coefficient (Wildman–Crippen LogP) is 5.17. The number of benzene rings is 3. The van der Waals surface area contributed by atoms with E-state index in [1.165, 1.54) is 0 Å². The molecular formula is C22H21N3O3. The first-order chi connectivity index (χ1) is 13.6. The Balaban J connectivity index is 1.53. The van der Waals surface area contributed by atoms with E-state index in [-0.39, 0.29) is 23.7 Å². The Morgan fingerprint density at radius 2 is 1.36 bits per heavy atom. The van der Waals surface area contributed by atoms with Crippen LogP contribution in [0.2, 0.25) is 0 Å². The smallest absolute Gasteiger partial charge is 0.238 e. The molecular weight excluding hydrogens is 354 g/mol. The normalized spacial score (nSPS) is 11.4. The third kappa shape index (κ3) is 5.41. The Morgan fingerprint density at radius 1 is 0.821 bits per heavy atom. The van der Waals surface area contributed by atoms with Crippen molar-refractivity contribution in [3.63, 3.8) is 0 Å². The van der Waals surface area contributed by atoms with E-state index >= 15 is 0 Å². The van der Waals surface area contributed by atoms with Gasteiger partial charge in [-0.15, -0.1) is 0 Å². The first-order valence-electron chi connectivity index (χ1n) is 9.02. The fourth-order valence-corrected chi connectivity index (χ4v) is 2.89. The molecule has 0 aliphatic carbocycles. The van der Waals surface area contributed by atoms with Crippen molar-refractivity contribution < 1.29 is 9.72 Å². The van der Waals surface area contributed by atoms with Gasteiger partial charge in [-0.05, 0) is 36.4 Å². The molecule has 1 unspecified atom stereocenters. The average molecular weight is 375 g/mol. The van der Waals surface area contributed by atoms with Gasteiger partial charge in [0.1, 0.15) is 0 Å². The first kappa shape index (κ1) is 19.1. The van der Waals surface area contributed by atoms with E-state index in [4.69, 9.17) is 0 Å². The van der Waals surface area contributed by atoms with Crippen LogP contribution in [0.4, 0.5) is 17.1 Å². The molecule has 0 saturated heterocycles. The second-order valence-corrected chi connectivity index (χ2v) is 6.37. The molecule has 0 fully saturated rings. The highest BCUT2D eigenvalue weighted by atomic mass is 16.6. The van der Waals surface area contributed by atoms with Crippen molar-refractivity contribution >= 4 is 23.0 Å². The lowest BCUT2D eigenvalue weighted by atomic mass is 10.0. The second kappa shape index (κ2) is 9.32. The van der Waals surface area contributed by atoms with Crippen molar-refractivity contribution in [3.05, 3.63) is 101 Å². The van der Waals surface area contributed by atoms with E-state index in [9.17, 15) is 14.9 Å². The lowest BCUT2D eigenvalue weighted by Gasteiger charge is -2.11. The fourth-order valence-electron chi connectivity index (χ4n) is 2.89. The average Bonchev–Trinajstić information content (AvgIpc) is 2.71. The van der Waals surface area contributed by atoms with Gasteiger partial charge in [-0.1, -0.05) is 48.5 Å². The topological polar surface area (TPSA) is 84.3 Å². The van der Waals surface area contributed by atoms with Crippen LogP contribution < -0.4 is 10.6 Å². The molecule has 0 saturated carbocycles. The highest BCUT2D eigenvalue weighted by molar-refractivity contribution is 5.90. The summed E-state index contributed by atoms with van der Waals surface area (Å²) in [6.07, 6.45) is 0.223. The molecule has 1 amide bonds. The summed E-state index contributed by atoms with van der Waals surface area (Å²) < 4.78 is 0. The van der Waals surface area contributed by atoms with E-state index < -0.39 is 6.04 Å². The van der Waals surface area contributed by atoms with Crippen LogP contribution in [0.5, 0.6) is 0 Å². The van der Waals surface area contributed by atoms with Gasteiger partial charge in [0.25, 0.3) is 0 Å². The van der Waals surface area contributed by atoms with Crippen molar-refractivity contribution in [2.45, 2.75) is 18.9 Å². The number of anilines is 3. The number of amides is 1. The van der Waals surface area contributed by atoms with Gasteiger partial charge < -0.3 is 10.6 Å². The SMILES string of the molecule is O=C(CCC(c1ccccc1)[N+](=O)[O-])Nc1ccc(Nc2ccccc2)cc1. The molecule has 0 bridgehead atoms. The zero-order chi connectivity index (χ0) is 19.8. The maximum absolute atomic E-state index is 12.2. The number of nitrogens with zero attached hydrogens (tertiary/aromatic N) is 1. The van der Waals surface area contributed by atoms with E-state index in [1.807, 2.05) is 48.5 Å². The van der Waals surface area contributed by atoms with Gasteiger partial charge in [-0.2, -0.15) is 0 Å². The maximum atomic E-state index is 12.2. The van der Waals surface area contributed by atoms with Crippen molar-refractivity contribution in [1.29, 1.82) is 0 Å². The second-order valence-electron chi connectivity index (χ2n) is 6.37. The minimum absolute atomic E-state index is 0.0740. The van der Waals surface area contributed by atoms with Crippen LogP contribution in [-0.2, 0) is 4.79 Å². The summed E-state index contributed by atoms with van der Waals surface area (Å²) in [5, 5.41) is 17.4. The molecule has 0 aliphatic heterocycles. The monoisotopic (exact) mass is 375 g/mol. The number of rotatable bonds is 8. The van der Waals surface area contributed by atoms with E-state index in [1.54, 1.807) is 36.4 Å². The number of carbonyl (C=O) groups excluding carboxylic acids is 1. The minimum Gasteiger partial charge on any atom is -0.356 e. The number of nitrogens with one attached hydrogen (secondary N) is 2. The zero-order valence-electron chi connectivity index (χ0n) is 15.2. The summed E-state index contributed by atoms with van der Waals surface area (Å²) in [6.45, 7) is 0. The summed E-state index contributed by atoms with van der Waals surface area (Å²) in [5.74, 6) is -0.244. The number of para-hydroxylation sites is 1. The fraction of sp³-hybridized carbons (Fsp3) is 0.136. The molecule has 0 aliphatic rings. The van der Waals surface area contributed by atoms with Crippen molar-refractivity contribution in [1.82, 2.24) is 0 Å². The molecule has 2 N–H and O–H groups in total. The van der Waals surface area contributed by atoms with Crippen molar-refractivity contribution in [3.8, 4) is 0 Å². The molecule has 1 atom stereocenters. The van der Waals surface area contributed by atoms with Crippen LogP contribution >= 0.6 is 0 Å². The number of nitro groups is 1. The van der Waals surface area contributed by atoms with Crippen LogP contribution in [0, 0.1) is 10.1 Å². The molecule has 3 aromatic carbocycles. The Kier molecular flexibility index (Phi) is 6.36. The molecule has 28 heavy (non-hydrogen) atoms. The Morgan fingerprint density at radius 3 is 1.96 bits per heavy atom. The highest BCUT2D eigenvalue weighted by Crippen LogP contribution is 2.23. The Labute approximate surface area is 163 Å². The van der Waals surface area contributed by atoms with Gasteiger partial charge in [0.05, 0.1) is 0 Å². The van der Waals surface area contributed by atoms with Gasteiger partial charge in [0.2, 0.25) is 11.9 Å². The van der Waals surface area contributed by atoms with Gasteiger partial charge in [0.15, 0.2) is 0 Å². The number of hydrogen-bond acceptors (Lipinski definition) is 4. The molecule has 0 spiro atoms. The van der Waals surface area contributed by atoms with Crippen LogP contribution in [-0.4, -0.2) is 10.8 Å². The molecule has 0 heterocycles. The van der Waals surface area contributed by atoms with Gasteiger partial charge in [-0.25, -0.2) is 0 Å². The third-order valence-corrected chi connectivity index (χ3v) is 4.31. The Hall–Kier alpha value is -3.67. The molecule has 3 aromatic rings. The van der Waals surface area contributed by atoms with E-state index in [0.717, 1.165) is 11.4 Å². The summed E-state index contributed by atoms with van der Waals surface area (Å²) in [4.78, 5) is 23.2. The predicted molar refractivity (Wildman–Crippen MR) is 110 cm³/mol. The van der Waals surface area contributed by atoms with Crippen LogP contribution in [0.1, 0.15) is 24.4 Å². The van der Waals surface area contributed by atoms with Gasteiger partial charge in [-0.3, -0.25) is 14.9 Å². The number of carbonyl (C=O) groups is 1. The van der Waals surface area contributed by atoms with E-state index in [0.29, 0.717) is 11.3 Å². The third-order valence-electron chi connectivity index (χ3n) is 4.31. The van der Waals surface area contributed by atoms with Gasteiger partial charge in [0, 0.05) is 40.4 Å². The Bertz CT molecular complexity index is 913. The van der Waals surface area contributed by atoms with E-state index in [2.05, 4.69) is 10.6 Å². The van der Waals surface area contributed by atoms with Crippen LogP contribution in [0.15, 0.2) is 84.9 Å². The summed E-state index contributed by atoms with van der Waals surface area (Å²) in [7, 11) is 0. The lowest BCUT2D eigenvalue weighted by molar-refractivity contribution is -0.529. The summed E-state index contributed by atoms with van der Waals surface area (Å²) in [5.41, 5.74) is 3.14. The summed E-state index contributed by atoms with van der Waals surface area (Å²) in [6, 6.07) is 25.0. The zero-order valence-corrected chi connectivity index (χ0v) is 15.2. The standard InChI is InChI=1S/C22H21N3O3/c26-22(16-15-21(25(27)28)17-7-3-1-4-8-17)24-20-13-11-19(12-14-20)23-18-9-5-2-6-10-18/h1-14,21,23H,15-16H2,(H,24,26). The lowest BCUT2D eigenvalue weighted by Crippen LogP contribution is -2.16. The number of hydrogen-bond donors (Lipinski definition) is 2. The van der Waals surface area contributed by atoms with Crippen molar-refractivity contribution in [2.24, 2.45) is 0 Å². The molecule has 3 rings (SSSR count). The molecule has 142 valence electrons. The summed E-state index contributed by atoms with van der Waals surface area (Å²) >= 11 is 0. The molecule has 0 aromatic heterocycles. The maximum Gasteiger partial charge on any atom is 0.238 e. The van der Waals surface area contributed by atoms with Gasteiger partial charge >= 0.3 is 0 Å². The molecule has 0 radical (unpaired) electrons. The van der Waals surface area contributed by atoms with Crippen LogP contribution in [0.3, 0.4) is 0 Å². The molecule has 6 heteroatoms.